The largest absolute Gasteiger partial charge is 0.369 e. The van der Waals surface area contributed by atoms with Crippen molar-refractivity contribution in [3.8, 4) is 0 Å². The number of allylic oxidation sites excluding steroid dienone is 1. The van der Waals surface area contributed by atoms with Gasteiger partial charge in [-0.15, -0.1) is 0 Å². The topological polar surface area (TPSA) is 35.6 Å². The summed E-state index contributed by atoms with van der Waals surface area (Å²) in [5, 5.41) is 3.10. The highest BCUT2D eigenvalue weighted by Gasteiger charge is 2.20. The molecule has 1 aromatic rings. The van der Waals surface area contributed by atoms with Crippen molar-refractivity contribution in [1.29, 1.82) is 0 Å². The second-order valence-electron chi connectivity index (χ2n) is 7.69. The Bertz CT molecular complexity index is 645. The summed E-state index contributed by atoms with van der Waals surface area (Å²) in [5.74, 6) is 0.168. The number of aryl methyl sites for hydroxylation is 1. The van der Waals surface area contributed by atoms with Crippen LogP contribution < -0.4 is 10.2 Å². The Hall–Kier alpha value is -1.81. The molecule has 4 nitrogen and oxygen atoms in total. The van der Waals surface area contributed by atoms with E-state index in [9.17, 15) is 4.79 Å². The van der Waals surface area contributed by atoms with Crippen LogP contribution in [0.2, 0.25) is 0 Å². The summed E-state index contributed by atoms with van der Waals surface area (Å²) in [4.78, 5) is 16.9. The number of nitrogens with zero attached hydrogens (tertiary/aromatic N) is 2. The van der Waals surface area contributed by atoms with Crippen LogP contribution >= 0.6 is 0 Å². The Morgan fingerprint density at radius 1 is 1.12 bits per heavy atom. The van der Waals surface area contributed by atoms with E-state index in [2.05, 4.69) is 53.2 Å². The lowest BCUT2D eigenvalue weighted by molar-refractivity contribution is -0.122. The van der Waals surface area contributed by atoms with Gasteiger partial charge in [0.05, 0.1) is 6.54 Å². The van der Waals surface area contributed by atoms with Crippen LogP contribution in [0.3, 0.4) is 0 Å². The SMILES string of the molecule is Cc1cccc(N2CCN(CC(=O)NCCC3=CCCCC3)CC2)c1C. The Morgan fingerprint density at radius 3 is 2.65 bits per heavy atom. The van der Waals surface area contributed by atoms with Crippen LogP contribution in [0, 0.1) is 13.8 Å². The lowest BCUT2D eigenvalue weighted by Gasteiger charge is -2.36. The zero-order valence-electron chi connectivity index (χ0n) is 16.4. The molecule has 3 rings (SSSR count). The lowest BCUT2D eigenvalue weighted by Crippen LogP contribution is -2.49. The molecule has 1 saturated heterocycles. The number of piperazine rings is 1. The van der Waals surface area contributed by atoms with Gasteiger partial charge >= 0.3 is 0 Å². The van der Waals surface area contributed by atoms with Gasteiger partial charge in [-0.1, -0.05) is 23.8 Å². The van der Waals surface area contributed by atoms with Crippen LogP contribution in [0.5, 0.6) is 0 Å². The van der Waals surface area contributed by atoms with Crippen molar-refractivity contribution < 1.29 is 4.79 Å². The molecule has 1 aliphatic carbocycles. The number of nitrogens with one attached hydrogen (secondary N) is 1. The molecule has 0 saturated carbocycles. The minimum absolute atomic E-state index is 0.168. The van der Waals surface area contributed by atoms with Crippen molar-refractivity contribution in [2.45, 2.75) is 46.0 Å². The Balaban J connectivity index is 1.38. The van der Waals surface area contributed by atoms with E-state index >= 15 is 0 Å². The van der Waals surface area contributed by atoms with E-state index in [4.69, 9.17) is 0 Å². The molecule has 1 aromatic carbocycles. The maximum absolute atomic E-state index is 12.2. The van der Waals surface area contributed by atoms with Crippen LogP contribution in [0.25, 0.3) is 0 Å². The smallest absolute Gasteiger partial charge is 0.234 e. The van der Waals surface area contributed by atoms with Crippen molar-refractivity contribution in [2.24, 2.45) is 0 Å². The van der Waals surface area contributed by atoms with Crippen molar-refractivity contribution in [3.05, 3.63) is 41.0 Å². The second-order valence-corrected chi connectivity index (χ2v) is 7.69. The summed E-state index contributed by atoms with van der Waals surface area (Å²) >= 11 is 0. The summed E-state index contributed by atoms with van der Waals surface area (Å²) in [6, 6.07) is 6.52. The molecule has 26 heavy (non-hydrogen) atoms. The van der Waals surface area contributed by atoms with Crippen LogP contribution in [0.1, 0.15) is 43.2 Å². The first-order chi connectivity index (χ1) is 12.6. The third-order valence-corrected chi connectivity index (χ3v) is 5.81. The van der Waals surface area contributed by atoms with Gasteiger partial charge in [0.2, 0.25) is 5.91 Å². The molecule has 1 heterocycles. The average Bonchev–Trinajstić information content (AvgIpc) is 2.66. The van der Waals surface area contributed by atoms with Crippen LogP contribution in [0.15, 0.2) is 29.8 Å². The third kappa shape index (κ3) is 5.10. The van der Waals surface area contributed by atoms with E-state index in [1.807, 2.05) is 0 Å². The zero-order valence-corrected chi connectivity index (χ0v) is 16.4. The molecule has 142 valence electrons. The molecule has 1 amide bonds. The monoisotopic (exact) mass is 355 g/mol. The summed E-state index contributed by atoms with van der Waals surface area (Å²) < 4.78 is 0. The Kier molecular flexibility index (Phi) is 6.73. The highest BCUT2D eigenvalue weighted by Crippen LogP contribution is 2.23. The quantitative estimate of drug-likeness (QED) is 0.794. The number of hydrogen-bond donors (Lipinski definition) is 1. The van der Waals surface area contributed by atoms with Crippen LogP contribution in [-0.2, 0) is 4.79 Å². The minimum Gasteiger partial charge on any atom is -0.369 e. The number of carbonyl (C=O) groups excluding carboxylic acids is 1. The average molecular weight is 356 g/mol. The van der Waals surface area contributed by atoms with Gasteiger partial charge in [-0.25, -0.2) is 0 Å². The summed E-state index contributed by atoms with van der Waals surface area (Å²) in [5.41, 5.74) is 5.58. The van der Waals surface area contributed by atoms with Gasteiger partial charge in [-0.05, 0) is 63.1 Å². The first-order valence-electron chi connectivity index (χ1n) is 10.1. The normalized spacial score (nSPS) is 18.5. The molecule has 4 heteroatoms. The standard InChI is InChI=1S/C22H33N3O/c1-18-7-6-10-21(19(18)2)25-15-13-24(14-16-25)17-22(26)23-12-11-20-8-4-3-5-9-20/h6-8,10H,3-5,9,11-17H2,1-2H3,(H,23,26). The number of carbonyl (C=O) groups is 1. The second kappa shape index (κ2) is 9.22. The van der Waals surface area contributed by atoms with Gasteiger partial charge in [-0.2, -0.15) is 0 Å². The fourth-order valence-corrected chi connectivity index (χ4v) is 3.98. The fraction of sp³-hybridized carbons (Fsp3) is 0.591. The molecule has 0 atom stereocenters. The van der Waals surface area contributed by atoms with E-state index in [-0.39, 0.29) is 5.91 Å². The molecule has 1 aliphatic heterocycles. The number of benzene rings is 1. The number of amides is 1. The molecular weight excluding hydrogens is 322 g/mol. The maximum Gasteiger partial charge on any atom is 0.234 e. The molecule has 0 aromatic heterocycles. The van der Waals surface area contributed by atoms with Crippen molar-refractivity contribution in [3.63, 3.8) is 0 Å². The van der Waals surface area contributed by atoms with Crippen LogP contribution in [0.4, 0.5) is 5.69 Å². The molecule has 1 N–H and O–H groups in total. The minimum atomic E-state index is 0.168. The number of rotatable bonds is 6. The van der Waals surface area contributed by atoms with Crippen molar-refractivity contribution >= 4 is 11.6 Å². The van der Waals surface area contributed by atoms with E-state index in [1.165, 1.54) is 48.1 Å². The maximum atomic E-state index is 12.2. The molecule has 2 aliphatic rings. The van der Waals surface area contributed by atoms with Gasteiger partial charge in [-0.3, -0.25) is 9.69 Å². The number of hydrogen-bond acceptors (Lipinski definition) is 3. The van der Waals surface area contributed by atoms with Crippen molar-refractivity contribution in [1.82, 2.24) is 10.2 Å². The Labute approximate surface area is 158 Å². The fourth-order valence-electron chi connectivity index (χ4n) is 3.98. The first-order valence-corrected chi connectivity index (χ1v) is 10.1. The van der Waals surface area contributed by atoms with Crippen molar-refractivity contribution in [2.75, 3.05) is 44.2 Å². The lowest BCUT2D eigenvalue weighted by atomic mass is 9.97. The van der Waals surface area contributed by atoms with Gasteiger partial charge in [0.1, 0.15) is 0 Å². The van der Waals surface area contributed by atoms with Gasteiger partial charge in [0.25, 0.3) is 0 Å². The predicted molar refractivity (Wildman–Crippen MR) is 109 cm³/mol. The highest BCUT2D eigenvalue weighted by molar-refractivity contribution is 5.78. The Morgan fingerprint density at radius 2 is 1.92 bits per heavy atom. The first kappa shape index (κ1) is 19.0. The zero-order chi connectivity index (χ0) is 18.4. The van der Waals surface area contributed by atoms with E-state index < -0.39 is 0 Å². The van der Waals surface area contributed by atoms with Gasteiger partial charge in [0.15, 0.2) is 0 Å². The van der Waals surface area contributed by atoms with Crippen LogP contribution in [-0.4, -0.2) is 50.1 Å². The summed E-state index contributed by atoms with van der Waals surface area (Å²) in [7, 11) is 0. The molecule has 0 bridgehead atoms. The predicted octanol–water partition coefficient (Wildman–Crippen LogP) is 3.43. The highest BCUT2D eigenvalue weighted by atomic mass is 16.2. The van der Waals surface area contributed by atoms with E-state index in [0.717, 1.165) is 39.1 Å². The summed E-state index contributed by atoms with van der Waals surface area (Å²) in [6.45, 7) is 9.56. The molecule has 1 fully saturated rings. The molecule has 0 radical (unpaired) electrons. The molecule has 0 unspecified atom stereocenters. The molecular formula is C22H33N3O. The van der Waals surface area contributed by atoms with Gasteiger partial charge in [0, 0.05) is 38.4 Å². The van der Waals surface area contributed by atoms with E-state index in [1.54, 1.807) is 0 Å². The molecule has 0 spiro atoms. The van der Waals surface area contributed by atoms with E-state index in [0.29, 0.717) is 6.54 Å². The number of anilines is 1. The van der Waals surface area contributed by atoms with Gasteiger partial charge < -0.3 is 10.2 Å². The summed E-state index contributed by atoms with van der Waals surface area (Å²) in [6.07, 6.45) is 8.45. The third-order valence-electron chi connectivity index (χ3n) is 5.81.